The first-order chi connectivity index (χ1) is 15.0. The number of benzene rings is 2. The molecule has 0 heterocycles. The molecule has 0 spiro atoms. The molecule has 0 fully saturated rings. The lowest BCUT2D eigenvalue weighted by atomic mass is 10.0. The van der Waals surface area contributed by atoms with E-state index in [9.17, 15) is 9.59 Å². The molecule has 0 radical (unpaired) electrons. The summed E-state index contributed by atoms with van der Waals surface area (Å²) in [4.78, 5) is 24.7. The summed E-state index contributed by atoms with van der Waals surface area (Å²) in [5, 5.41) is 8.80. The zero-order chi connectivity index (χ0) is 22.1. The van der Waals surface area contributed by atoms with Crippen molar-refractivity contribution < 1.29 is 19.4 Å². The molecule has 0 saturated heterocycles. The van der Waals surface area contributed by atoms with Gasteiger partial charge in [-0.2, -0.15) is 0 Å². The summed E-state index contributed by atoms with van der Waals surface area (Å²) in [5.41, 5.74) is 6.16. The van der Waals surface area contributed by atoms with Crippen LogP contribution in [0.1, 0.15) is 35.6 Å². The third-order valence-electron chi connectivity index (χ3n) is 5.35. The first-order valence-electron chi connectivity index (χ1n) is 10.6. The molecule has 0 unspecified atom stereocenters. The Bertz CT molecular complexity index is 960. The van der Waals surface area contributed by atoms with E-state index in [2.05, 4.69) is 35.2 Å². The number of esters is 1. The second-order valence-electron chi connectivity index (χ2n) is 7.66. The maximum Gasteiger partial charge on any atom is 0.302 e. The van der Waals surface area contributed by atoms with Crippen molar-refractivity contribution in [3.8, 4) is 0 Å². The fraction of sp³-hybridized carbons (Fsp3) is 0.308. The molecule has 0 bridgehead atoms. The van der Waals surface area contributed by atoms with Gasteiger partial charge in [0.05, 0.1) is 0 Å². The van der Waals surface area contributed by atoms with Gasteiger partial charge in [-0.05, 0) is 46.7 Å². The number of carbonyl (C=O) groups is 2. The van der Waals surface area contributed by atoms with Gasteiger partial charge in [-0.3, -0.25) is 14.5 Å². The lowest BCUT2D eigenvalue weighted by molar-refractivity contribution is -0.141. The van der Waals surface area contributed by atoms with E-state index in [1.165, 1.54) is 29.7 Å². The Kier molecular flexibility index (Phi) is 8.33. The highest BCUT2D eigenvalue weighted by atomic mass is 16.5. The first-order valence-corrected chi connectivity index (χ1v) is 10.6. The van der Waals surface area contributed by atoms with Gasteiger partial charge in [0.1, 0.15) is 13.2 Å². The number of aliphatic hydroxyl groups is 1. The number of fused-ring (bicyclic) bond motifs is 1. The van der Waals surface area contributed by atoms with Crippen LogP contribution in [0.15, 0.2) is 60.7 Å². The fourth-order valence-corrected chi connectivity index (χ4v) is 3.69. The predicted octanol–water partition coefficient (Wildman–Crippen LogP) is 3.66. The van der Waals surface area contributed by atoms with Gasteiger partial charge in [0.15, 0.2) is 5.78 Å². The van der Waals surface area contributed by atoms with Crippen LogP contribution in [-0.2, 0) is 27.3 Å². The third kappa shape index (κ3) is 7.02. The molecule has 0 amide bonds. The molecule has 0 aromatic heterocycles. The molecular weight excluding hydrogens is 390 g/mol. The van der Waals surface area contributed by atoms with Crippen molar-refractivity contribution >= 4 is 23.4 Å². The minimum absolute atomic E-state index is 0.263. The lowest BCUT2D eigenvalue weighted by Gasteiger charge is -2.23. The summed E-state index contributed by atoms with van der Waals surface area (Å²) in [7, 11) is 0. The van der Waals surface area contributed by atoms with Gasteiger partial charge in [0.25, 0.3) is 0 Å². The Morgan fingerprint density at radius 2 is 1.87 bits per heavy atom. The van der Waals surface area contributed by atoms with E-state index in [1.54, 1.807) is 6.08 Å². The van der Waals surface area contributed by atoms with Gasteiger partial charge in [0, 0.05) is 26.6 Å². The standard InChI is InChI=1S/C26H29NO4/c1-20(29)31-17-16-27(15-14-24-12-11-23-4-2-3-5-26(23)24)18-22-8-6-21(7-9-22)10-13-25(30)19-28/h2-10,12-13,28H,11,14-19H2,1H3/b13-10+. The van der Waals surface area contributed by atoms with Crippen molar-refractivity contribution in [3.05, 3.63) is 82.9 Å². The summed E-state index contributed by atoms with van der Waals surface area (Å²) >= 11 is 0. The highest BCUT2D eigenvalue weighted by Crippen LogP contribution is 2.29. The molecule has 1 aliphatic rings. The monoisotopic (exact) mass is 419 g/mol. The van der Waals surface area contributed by atoms with E-state index in [0.29, 0.717) is 13.2 Å². The maximum atomic E-state index is 11.2. The average Bonchev–Trinajstić information content (AvgIpc) is 3.19. The zero-order valence-electron chi connectivity index (χ0n) is 17.9. The van der Waals surface area contributed by atoms with Crippen LogP contribution >= 0.6 is 0 Å². The van der Waals surface area contributed by atoms with Crippen LogP contribution < -0.4 is 0 Å². The topological polar surface area (TPSA) is 66.8 Å². The number of allylic oxidation sites excluding steroid dienone is 1. The minimum Gasteiger partial charge on any atom is -0.465 e. The molecule has 5 heteroatoms. The van der Waals surface area contributed by atoms with Gasteiger partial charge in [-0.25, -0.2) is 0 Å². The zero-order valence-corrected chi connectivity index (χ0v) is 17.9. The summed E-state index contributed by atoms with van der Waals surface area (Å²) in [5.74, 6) is -0.579. The van der Waals surface area contributed by atoms with E-state index in [-0.39, 0.29) is 11.8 Å². The Morgan fingerprint density at radius 3 is 2.61 bits per heavy atom. The van der Waals surface area contributed by atoms with Crippen molar-refractivity contribution in [2.24, 2.45) is 0 Å². The van der Waals surface area contributed by atoms with Crippen molar-refractivity contribution in [1.82, 2.24) is 4.90 Å². The number of hydrogen-bond acceptors (Lipinski definition) is 5. The molecule has 2 aromatic carbocycles. The van der Waals surface area contributed by atoms with Crippen LogP contribution in [0.4, 0.5) is 0 Å². The van der Waals surface area contributed by atoms with E-state index < -0.39 is 6.61 Å². The van der Waals surface area contributed by atoms with Crippen molar-refractivity contribution in [2.75, 3.05) is 26.3 Å². The van der Waals surface area contributed by atoms with Crippen molar-refractivity contribution in [3.63, 3.8) is 0 Å². The first kappa shape index (κ1) is 22.7. The predicted molar refractivity (Wildman–Crippen MR) is 122 cm³/mol. The molecule has 5 nitrogen and oxygen atoms in total. The van der Waals surface area contributed by atoms with Crippen LogP contribution in [-0.4, -0.2) is 48.1 Å². The highest BCUT2D eigenvalue weighted by molar-refractivity contribution is 5.94. The molecule has 3 rings (SSSR count). The molecule has 1 N–H and O–H groups in total. The number of ketones is 1. The number of nitrogens with zero attached hydrogens (tertiary/aromatic N) is 1. The van der Waals surface area contributed by atoms with Crippen LogP contribution in [0.25, 0.3) is 11.6 Å². The third-order valence-corrected chi connectivity index (χ3v) is 5.35. The molecule has 1 aliphatic carbocycles. The maximum absolute atomic E-state index is 11.2. The summed E-state index contributed by atoms with van der Waals surface area (Å²) in [6, 6.07) is 16.5. The highest BCUT2D eigenvalue weighted by Gasteiger charge is 2.15. The molecular formula is C26H29NO4. The molecule has 31 heavy (non-hydrogen) atoms. The largest absolute Gasteiger partial charge is 0.465 e. The second-order valence-corrected chi connectivity index (χ2v) is 7.66. The Hall–Kier alpha value is -3.02. The van der Waals surface area contributed by atoms with Gasteiger partial charge >= 0.3 is 5.97 Å². The van der Waals surface area contributed by atoms with Crippen LogP contribution in [0, 0.1) is 0 Å². The van der Waals surface area contributed by atoms with E-state index in [0.717, 1.165) is 37.1 Å². The van der Waals surface area contributed by atoms with Gasteiger partial charge in [-0.1, -0.05) is 60.7 Å². The van der Waals surface area contributed by atoms with Gasteiger partial charge in [0.2, 0.25) is 0 Å². The van der Waals surface area contributed by atoms with Gasteiger partial charge < -0.3 is 9.84 Å². The molecule has 2 aromatic rings. The Balaban J connectivity index is 1.61. The number of ether oxygens (including phenoxy) is 1. The number of hydrogen-bond donors (Lipinski definition) is 1. The summed E-state index contributed by atoms with van der Waals surface area (Å²) in [6.45, 7) is 3.60. The fourth-order valence-electron chi connectivity index (χ4n) is 3.69. The molecule has 0 aliphatic heterocycles. The summed E-state index contributed by atoms with van der Waals surface area (Å²) in [6.07, 6.45) is 7.33. The van der Waals surface area contributed by atoms with Crippen LogP contribution in [0.5, 0.6) is 0 Å². The van der Waals surface area contributed by atoms with Crippen molar-refractivity contribution in [2.45, 2.75) is 26.3 Å². The molecule has 0 atom stereocenters. The van der Waals surface area contributed by atoms with Crippen LogP contribution in [0.3, 0.4) is 0 Å². The second kappa shape index (κ2) is 11.4. The Labute approximate surface area is 183 Å². The quantitative estimate of drug-likeness (QED) is 0.445. The SMILES string of the molecule is CC(=O)OCCN(CCC1=CCc2ccccc21)Cc1ccc(/C=C/C(=O)CO)cc1. The molecule has 0 saturated carbocycles. The van der Waals surface area contributed by atoms with E-state index in [1.807, 2.05) is 24.3 Å². The summed E-state index contributed by atoms with van der Waals surface area (Å²) < 4.78 is 5.17. The lowest BCUT2D eigenvalue weighted by Crippen LogP contribution is -2.29. The number of aliphatic hydroxyl groups excluding tert-OH is 1. The minimum atomic E-state index is -0.479. The number of carbonyl (C=O) groups excluding carboxylic acids is 2. The van der Waals surface area contributed by atoms with Crippen molar-refractivity contribution in [1.29, 1.82) is 0 Å². The number of rotatable bonds is 11. The van der Waals surface area contributed by atoms with E-state index in [4.69, 9.17) is 9.84 Å². The smallest absolute Gasteiger partial charge is 0.302 e. The normalized spacial score (nSPS) is 12.8. The van der Waals surface area contributed by atoms with Crippen LogP contribution in [0.2, 0.25) is 0 Å². The van der Waals surface area contributed by atoms with Gasteiger partial charge in [-0.15, -0.1) is 0 Å². The Morgan fingerprint density at radius 1 is 1.10 bits per heavy atom. The molecule has 162 valence electrons. The van der Waals surface area contributed by atoms with E-state index >= 15 is 0 Å². The average molecular weight is 420 g/mol.